The third-order valence-electron chi connectivity index (χ3n) is 2.50. The molecule has 0 aliphatic rings. The Labute approximate surface area is 126 Å². The molecule has 1 aromatic rings. The smallest absolute Gasteiger partial charge is 0.369 e. The van der Waals surface area contributed by atoms with Crippen molar-refractivity contribution in [3.63, 3.8) is 0 Å². The van der Waals surface area contributed by atoms with Crippen LogP contribution in [-0.2, 0) is 0 Å². The van der Waals surface area contributed by atoms with Crippen LogP contribution in [0.25, 0.3) is 0 Å². The van der Waals surface area contributed by atoms with E-state index in [1.807, 2.05) is 6.92 Å². The molecule has 1 rings (SSSR count). The number of hydrogen-bond donors (Lipinski definition) is 1. The summed E-state index contributed by atoms with van der Waals surface area (Å²) in [4.78, 5) is 5.18. The van der Waals surface area contributed by atoms with Crippen molar-refractivity contribution in [2.45, 2.75) is 26.4 Å². The van der Waals surface area contributed by atoms with E-state index in [0.717, 1.165) is 11.3 Å². The molecule has 0 atom stereocenters. The van der Waals surface area contributed by atoms with Gasteiger partial charge in [0, 0.05) is 13.1 Å². The van der Waals surface area contributed by atoms with Gasteiger partial charge in [0.05, 0.1) is 10.0 Å². The molecule has 0 spiro atoms. The third-order valence-corrected chi connectivity index (χ3v) is 3.07. The fourth-order valence-electron chi connectivity index (χ4n) is 1.60. The van der Waals surface area contributed by atoms with Gasteiger partial charge in [-0.2, -0.15) is 13.2 Å². The SMILES string of the molecule is CCCNc1nc(N(CC)CC(F)(F)F)c(Cl)cc1Cl. The molecule has 8 heteroatoms. The van der Waals surface area contributed by atoms with Gasteiger partial charge in [0.25, 0.3) is 0 Å². The highest BCUT2D eigenvalue weighted by atomic mass is 35.5. The van der Waals surface area contributed by atoms with Crippen LogP contribution in [0.1, 0.15) is 20.3 Å². The van der Waals surface area contributed by atoms with E-state index in [1.165, 1.54) is 6.07 Å². The lowest BCUT2D eigenvalue weighted by atomic mass is 10.3. The molecule has 0 amide bonds. The van der Waals surface area contributed by atoms with Crippen molar-refractivity contribution in [2.24, 2.45) is 0 Å². The standard InChI is InChI=1S/C12H16Cl2F3N3/c1-3-5-18-10-8(13)6-9(14)11(19-10)20(4-2)7-12(15,16)17/h6H,3-5,7H2,1-2H3,(H,18,19). The Morgan fingerprint density at radius 1 is 1.25 bits per heavy atom. The number of rotatable bonds is 6. The second-order valence-electron chi connectivity index (χ2n) is 4.18. The second kappa shape index (κ2) is 7.22. The maximum atomic E-state index is 12.5. The zero-order valence-corrected chi connectivity index (χ0v) is 12.7. The molecule has 3 nitrogen and oxygen atoms in total. The van der Waals surface area contributed by atoms with Gasteiger partial charge in [-0.25, -0.2) is 4.98 Å². The van der Waals surface area contributed by atoms with E-state index in [2.05, 4.69) is 10.3 Å². The zero-order chi connectivity index (χ0) is 15.3. The van der Waals surface area contributed by atoms with Gasteiger partial charge in [0.15, 0.2) is 0 Å². The fourth-order valence-corrected chi connectivity index (χ4v) is 2.14. The summed E-state index contributed by atoms with van der Waals surface area (Å²) in [5.41, 5.74) is 0. The maximum Gasteiger partial charge on any atom is 0.405 e. The summed E-state index contributed by atoms with van der Waals surface area (Å²) < 4.78 is 37.6. The molecule has 0 saturated heterocycles. The molecule has 0 aliphatic carbocycles. The molecule has 0 radical (unpaired) electrons. The average molecular weight is 330 g/mol. The van der Waals surface area contributed by atoms with Gasteiger partial charge in [-0.3, -0.25) is 0 Å². The molecule has 0 aromatic carbocycles. The lowest BCUT2D eigenvalue weighted by Crippen LogP contribution is -2.35. The Bertz CT molecular complexity index is 452. The first-order chi connectivity index (χ1) is 9.28. The van der Waals surface area contributed by atoms with Gasteiger partial charge in [0.2, 0.25) is 0 Å². The molecular formula is C12H16Cl2F3N3. The van der Waals surface area contributed by atoms with E-state index in [0.29, 0.717) is 12.4 Å². The Morgan fingerprint density at radius 3 is 2.40 bits per heavy atom. The largest absolute Gasteiger partial charge is 0.405 e. The molecule has 0 fully saturated rings. The van der Waals surface area contributed by atoms with Gasteiger partial charge in [-0.1, -0.05) is 30.1 Å². The summed E-state index contributed by atoms with van der Waals surface area (Å²) in [6.45, 7) is 3.22. The summed E-state index contributed by atoms with van der Waals surface area (Å²) in [7, 11) is 0. The average Bonchev–Trinajstić information content (AvgIpc) is 2.34. The molecule has 1 N–H and O–H groups in total. The molecule has 114 valence electrons. The van der Waals surface area contributed by atoms with Crippen LogP contribution in [0.5, 0.6) is 0 Å². The van der Waals surface area contributed by atoms with Crippen molar-refractivity contribution in [1.29, 1.82) is 0 Å². The van der Waals surface area contributed by atoms with Crippen molar-refractivity contribution < 1.29 is 13.2 Å². The predicted molar refractivity (Wildman–Crippen MR) is 77.0 cm³/mol. The minimum atomic E-state index is -4.32. The number of aromatic nitrogens is 1. The molecule has 1 heterocycles. The van der Waals surface area contributed by atoms with Gasteiger partial charge in [-0.05, 0) is 19.4 Å². The molecule has 20 heavy (non-hydrogen) atoms. The van der Waals surface area contributed by atoms with Crippen LogP contribution in [-0.4, -0.2) is 30.8 Å². The lowest BCUT2D eigenvalue weighted by molar-refractivity contribution is -0.119. The molecule has 0 unspecified atom stereocenters. The van der Waals surface area contributed by atoms with Crippen molar-refractivity contribution in [3.05, 3.63) is 16.1 Å². The van der Waals surface area contributed by atoms with Gasteiger partial charge < -0.3 is 10.2 Å². The van der Waals surface area contributed by atoms with E-state index in [9.17, 15) is 13.2 Å². The van der Waals surface area contributed by atoms with Crippen molar-refractivity contribution in [3.8, 4) is 0 Å². The van der Waals surface area contributed by atoms with E-state index >= 15 is 0 Å². The first-order valence-corrected chi connectivity index (χ1v) is 6.95. The van der Waals surface area contributed by atoms with Crippen LogP contribution in [0.3, 0.4) is 0 Å². The third kappa shape index (κ3) is 4.90. The van der Waals surface area contributed by atoms with E-state index < -0.39 is 12.7 Å². The molecular weight excluding hydrogens is 314 g/mol. The quantitative estimate of drug-likeness (QED) is 0.826. The monoisotopic (exact) mass is 329 g/mol. The zero-order valence-electron chi connectivity index (χ0n) is 11.2. The highest BCUT2D eigenvalue weighted by Crippen LogP contribution is 2.32. The van der Waals surface area contributed by atoms with E-state index in [4.69, 9.17) is 23.2 Å². The topological polar surface area (TPSA) is 28.2 Å². The number of anilines is 2. The van der Waals surface area contributed by atoms with Crippen molar-refractivity contribution in [1.82, 2.24) is 4.98 Å². The lowest BCUT2D eigenvalue weighted by Gasteiger charge is -2.25. The van der Waals surface area contributed by atoms with E-state index in [-0.39, 0.29) is 22.4 Å². The molecule has 0 aliphatic heterocycles. The Hall–Kier alpha value is -0.880. The van der Waals surface area contributed by atoms with Gasteiger partial charge in [-0.15, -0.1) is 0 Å². The number of nitrogens with zero attached hydrogens (tertiary/aromatic N) is 2. The van der Waals surface area contributed by atoms with Crippen LogP contribution in [0.15, 0.2) is 6.07 Å². The number of halogens is 5. The highest BCUT2D eigenvalue weighted by Gasteiger charge is 2.31. The first kappa shape index (κ1) is 17.2. The van der Waals surface area contributed by atoms with E-state index in [1.54, 1.807) is 6.92 Å². The van der Waals surface area contributed by atoms with Crippen LogP contribution >= 0.6 is 23.2 Å². The normalized spacial score (nSPS) is 11.6. The summed E-state index contributed by atoms with van der Waals surface area (Å²) >= 11 is 11.9. The highest BCUT2D eigenvalue weighted by molar-refractivity contribution is 6.37. The van der Waals surface area contributed by atoms with Crippen molar-refractivity contribution >= 4 is 34.8 Å². The molecule has 0 bridgehead atoms. The minimum absolute atomic E-state index is 0.0782. The molecule has 0 saturated carbocycles. The summed E-state index contributed by atoms with van der Waals surface area (Å²) in [5, 5.41) is 3.35. The van der Waals surface area contributed by atoms with Gasteiger partial charge >= 0.3 is 6.18 Å². The first-order valence-electron chi connectivity index (χ1n) is 6.20. The number of nitrogens with one attached hydrogen (secondary N) is 1. The Morgan fingerprint density at radius 2 is 1.90 bits per heavy atom. The summed E-state index contributed by atoms with van der Waals surface area (Å²) in [6.07, 6.45) is -3.48. The number of pyridine rings is 1. The molecule has 1 aromatic heterocycles. The summed E-state index contributed by atoms with van der Waals surface area (Å²) in [5.74, 6) is 0.419. The van der Waals surface area contributed by atoms with Crippen LogP contribution < -0.4 is 10.2 Å². The van der Waals surface area contributed by atoms with Crippen LogP contribution in [0, 0.1) is 0 Å². The van der Waals surface area contributed by atoms with Crippen molar-refractivity contribution in [2.75, 3.05) is 29.9 Å². The summed E-state index contributed by atoms with van der Waals surface area (Å²) in [6, 6.07) is 1.41. The number of hydrogen-bond acceptors (Lipinski definition) is 3. The Kier molecular flexibility index (Phi) is 6.20. The maximum absolute atomic E-state index is 12.5. The van der Waals surface area contributed by atoms with Crippen LogP contribution in [0.2, 0.25) is 10.0 Å². The second-order valence-corrected chi connectivity index (χ2v) is 4.99. The predicted octanol–water partition coefficient (Wildman–Crippen LogP) is 4.60. The van der Waals surface area contributed by atoms with Crippen LogP contribution in [0.4, 0.5) is 24.8 Å². The fraction of sp³-hybridized carbons (Fsp3) is 0.583. The minimum Gasteiger partial charge on any atom is -0.369 e. The van der Waals surface area contributed by atoms with Gasteiger partial charge in [0.1, 0.15) is 18.2 Å². The Balaban J connectivity index is 3.08. The number of alkyl halides is 3.